The lowest BCUT2D eigenvalue weighted by molar-refractivity contribution is -0.120. The molecule has 3 aromatic rings. The van der Waals surface area contributed by atoms with Gasteiger partial charge in [0.2, 0.25) is 11.8 Å². The average molecular weight is 392 g/mol. The summed E-state index contributed by atoms with van der Waals surface area (Å²) in [5.74, 6) is 0.642. The van der Waals surface area contributed by atoms with E-state index >= 15 is 0 Å². The quantitative estimate of drug-likeness (QED) is 0.625. The summed E-state index contributed by atoms with van der Waals surface area (Å²) in [4.78, 5) is 23.2. The van der Waals surface area contributed by atoms with Crippen molar-refractivity contribution in [3.05, 3.63) is 89.7 Å². The zero-order valence-electron chi connectivity index (χ0n) is 15.9. The Labute approximate surface area is 168 Å². The summed E-state index contributed by atoms with van der Waals surface area (Å²) in [6.07, 6.45) is 0.256. The third-order valence-corrected chi connectivity index (χ3v) is 4.10. The Morgan fingerprint density at radius 3 is 1.97 bits per heavy atom. The van der Waals surface area contributed by atoms with Gasteiger partial charge in [-0.25, -0.2) is 4.39 Å². The molecule has 2 amide bonds. The van der Waals surface area contributed by atoms with Gasteiger partial charge in [-0.05, 0) is 59.7 Å². The molecule has 0 aliphatic carbocycles. The summed E-state index contributed by atoms with van der Waals surface area (Å²) in [6.45, 7) is 1.85. The molecule has 0 aliphatic heterocycles. The largest absolute Gasteiger partial charge is 0.457 e. The van der Waals surface area contributed by atoms with Crippen LogP contribution in [0.25, 0.3) is 0 Å². The van der Waals surface area contributed by atoms with E-state index in [0.29, 0.717) is 23.7 Å². The van der Waals surface area contributed by atoms with Crippen molar-refractivity contribution in [2.45, 2.75) is 19.9 Å². The number of rotatable bonds is 7. The van der Waals surface area contributed by atoms with Gasteiger partial charge in [-0.1, -0.05) is 24.3 Å². The predicted octanol–water partition coefficient (Wildman–Crippen LogP) is 4.44. The van der Waals surface area contributed by atoms with Gasteiger partial charge in [0.1, 0.15) is 17.3 Å². The van der Waals surface area contributed by atoms with Crippen LogP contribution in [0.15, 0.2) is 72.8 Å². The van der Waals surface area contributed by atoms with Gasteiger partial charge in [0.15, 0.2) is 0 Å². The first-order chi connectivity index (χ1) is 14.0. The molecule has 6 heteroatoms. The molecule has 0 saturated carbocycles. The minimum absolute atomic E-state index is 0.0936. The Kier molecular flexibility index (Phi) is 6.58. The molecule has 0 spiro atoms. The maximum absolute atomic E-state index is 12.9. The topological polar surface area (TPSA) is 67.4 Å². The summed E-state index contributed by atoms with van der Waals surface area (Å²) in [5, 5.41) is 5.57. The highest BCUT2D eigenvalue weighted by Gasteiger charge is 2.05. The van der Waals surface area contributed by atoms with E-state index < -0.39 is 0 Å². The Morgan fingerprint density at radius 2 is 1.38 bits per heavy atom. The third kappa shape index (κ3) is 6.46. The molecule has 148 valence electrons. The molecule has 0 bridgehead atoms. The fourth-order valence-electron chi connectivity index (χ4n) is 2.67. The zero-order chi connectivity index (χ0) is 20.6. The summed E-state index contributed by atoms with van der Waals surface area (Å²) in [5.41, 5.74) is 2.50. The molecule has 0 fully saturated rings. The maximum atomic E-state index is 12.9. The van der Waals surface area contributed by atoms with Crippen molar-refractivity contribution in [3.8, 4) is 11.5 Å². The molecule has 29 heavy (non-hydrogen) atoms. The lowest BCUT2D eigenvalue weighted by atomic mass is 10.1. The summed E-state index contributed by atoms with van der Waals surface area (Å²) < 4.78 is 18.6. The minimum atomic E-state index is -0.313. The molecule has 0 aromatic heterocycles. The maximum Gasteiger partial charge on any atom is 0.224 e. The van der Waals surface area contributed by atoms with Crippen LogP contribution < -0.4 is 15.4 Å². The van der Waals surface area contributed by atoms with Crippen LogP contribution in [0, 0.1) is 5.82 Å². The Balaban J connectivity index is 1.47. The van der Waals surface area contributed by atoms with Crippen molar-refractivity contribution in [1.29, 1.82) is 0 Å². The van der Waals surface area contributed by atoms with Crippen molar-refractivity contribution in [3.63, 3.8) is 0 Å². The van der Waals surface area contributed by atoms with Crippen LogP contribution in [0.3, 0.4) is 0 Å². The molecule has 0 radical (unpaired) electrons. The number of amides is 2. The molecule has 0 unspecified atom stereocenters. The molecule has 0 atom stereocenters. The molecule has 5 nitrogen and oxygen atoms in total. The number of halogens is 1. The van der Waals surface area contributed by atoms with Crippen molar-refractivity contribution in [2.24, 2.45) is 0 Å². The van der Waals surface area contributed by atoms with Gasteiger partial charge in [0.05, 0.1) is 6.42 Å². The second-order valence-electron chi connectivity index (χ2n) is 6.53. The third-order valence-electron chi connectivity index (χ3n) is 4.10. The Morgan fingerprint density at radius 1 is 0.828 bits per heavy atom. The van der Waals surface area contributed by atoms with Crippen molar-refractivity contribution >= 4 is 17.5 Å². The number of anilines is 1. The van der Waals surface area contributed by atoms with Gasteiger partial charge in [-0.2, -0.15) is 0 Å². The number of carbonyl (C=O) groups excluding carboxylic acids is 2. The second-order valence-corrected chi connectivity index (χ2v) is 6.53. The van der Waals surface area contributed by atoms with Crippen LogP contribution in [0.4, 0.5) is 10.1 Å². The van der Waals surface area contributed by atoms with Crippen molar-refractivity contribution < 1.29 is 18.7 Å². The molecule has 3 aromatic carbocycles. The summed E-state index contributed by atoms with van der Waals surface area (Å²) in [7, 11) is 0. The lowest BCUT2D eigenvalue weighted by Gasteiger charge is -2.09. The van der Waals surface area contributed by atoms with Crippen LogP contribution in [0.2, 0.25) is 0 Å². The van der Waals surface area contributed by atoms with E-state index in [1.165, 1.54) is 19.1 Å². The molecule has 0 saturated heterocycles. The van der Waals surface area contributed by atoms with E-state index in [0.717, 1.165) is 11.1 Å². The van der Waals surface area contributed by atoms with Gasteiger partial charge < -0.3 is 15.4 Å². The van der Waals surface area contributed by atoms with Gasteiger partial charge in [-0.3, -0.25) is 9.59 Å². The molecule has 3 rings (SSSR count). The molecular weight excluding hydrogens is 371 g/mol. The van der Waals surface area contributed by atoms with Crippen molar-refractivity contribution in [1.82, 2.24) is 5.32 Å². The van der Waals surface area contributed by atoms with Gasteiger partial charge in [0, 0.05) is 19.2 Å². The van der Waals surface area contributed by atoms with Crippen LogP contribution in [0.5, 0.6) is 11.5 Å². The van der Waals surface area contributed by atoms with E-state index in [-0.39, 0.29) is 24.1 Å². The SMILES string of the molecule is CC(=O)Nc1ccc(CC(=O)NCc2ccc(Oc3ccc(F)cc3)cc2)cc1. The van der Waals surface area contributed by atoms with E-state index in [1.54, 1.807) is 36.4 Å². The first kappa shape index (κ1) is 20.1. The Hall–Kier alpha value is -3.67. The first-order valence-corrected chi connectivity index (χ1v) is 9.13. The number of hydrogen-bond donors (Lipinski definition) is 2. The smallest absolute Gasteiger partial charge is 0.224 e. The van der Waals surface area contributed by atoms with Crippen LogP contribution >= 0.6 is 0 Å². The molecule has 0 aliphatic rings. The first-order valence-electron chi connectivity index (χ1n) is 9.13. The van der Waals surface area contributed by atoms with Crippen LogP contribution in [-0.4, -0.2) is 11.8 Å². The highest BCUT2D eigenvalue weighted by molar-refractivity contribution is 5.88. The van der Waals surface area contributed by atoms with E-state index in [2.05, 4.69) is 10.6 Å². The Bertz CT molecular complexity index is 969. The molecule has 0 heterocycles. The molecule has 2 N–H and O–H groups in total. The van der Waals surface area contributed by atoms with Gasteiger partial charge in [0.25, 0.3) is 0 Å². The van der Waals surface area contributed by atoms with Gasteiger partial charge in [-0.15, -0.1) is 0 Å². The highest BCUT2D eigenvalue weighted by Crippen LogP contribution is 2.21. The van der Waals surface area contributed by atoms with E-state index in [1.807, 2.05) is 24.3 Å². The number of benzene rings is 3. The summed E-state index contributed by atoms with van der Waals surface area (Å²) >= 11 is 0. The fraction of sp³-hybridized carbons (Fsp3) is 0.130. The number of hydrogen-bond acceptors (Lipinski definition) is 3. The standard InChI is InChI=1S/C23H21FN2O3/c1-16(27)26-20-8-2-17(3-9-20)14-23(28)25-15-18-4-10-21(11-5-18)29-22-12-6-19(24)7-13-22/h2-13H,14-15H2,1H3,(H,25,28)(H,26,27). The van der Waals surface area contributed by atoms with Crippen LogP contribution in [-0.2, 0) is 22.6 Å². The normalized spacial score (nSPS) is 10.3. The van der Waals surface area contributed by atoms with Crippen molar-refractivity contribution in [2.75, 3.05) is 5.32 Å². The number of ether oxygens (including phenoxy) is 1. The molecular formula is C23H21FN2O3. The monoisotopic (exact) mass is 392 g/mol. The number of nitrogens with one attached hydrogen (secondary N) is 2. The highest BCUT2D eigenvalue weighted by atomic mass is 19.1. The van der Waals surface area contributed by atoms with E-state index in [9.17, 15) is 14.0 Å². The van der Waals surface area contributed by atoms with E-state index in [4.69, 9.17) is 4.74 Å². The predicted molar refractivity (Wildman–Crippen MR) is 109 cm³/mol. The fourth-order valence-corrected chi connectivity index (χ4v) is 2.67. The van der Waals surface area contributed by atoms with Crippen LogP contribution in [0.1, 0.15) is 18.1 Å². The zero-order valence-corrected chi connectivity index (χ0v) is 15.9. The average Bonchev–Trinajstić information content (AvgIpc) is 2.70. The number of carbonyl (C=O) groups is 2. The summed E-state index contributed by atoms with van der Waals surface area (Å²) in [6, 6.07) is 20.3. The second kappa shape index (κ2) is 9.50. The lowest BCUT2D eigenvalue weighted by Crippen LogP contribution is -2.24. The minimum Gasteiger partial charge on any atom is -0.457 e. The van der Waals surface area contributed by atoms with Gasteiger partial charge >= 0.3 is 0 Å².